The fourth-order valence-electron chi connectivity index (χ4n) is 4.35. The Labute approximate surface area is 180 Å². The second kappa shape index (κ2) is 7.67. The molecule has 1 aliphatic rings. The van der Waals surface area contributed by atoms with Gasteiger partial charge < -0.3 is 20.4 Å². The summed E-state index contributed by atoms with van der Waals surface area (Å²) in [5, 5.41) is 0.968. The standard InChI is InChI=1S/C24H25N5O2/c1-14-3-4-15(13-26-14)20-12-19(24(25)30)23-22(27-20)18-6-5-16(11-21(18)28-23)29-9-7-17(31-2)8-10-29/h3-6,11-13,17,28H,7-10H2,1-2H3,(H2,25,30). The Morgan fingerprint density at radius 3 is 2.68 bits per heavy atom. The van der Waals surface area contributed by atoms with E-state index < -0.39 is 5.91 Å². The van der Waals surface area contributed by atoms with E-state index in [4.69, 9.17) is 15.5 Å². The van der Waals surface area contributed by atoms with Crippen molar-refractivity contribution >= 4 is 33.5 Å². The fourth-order valence-corrected chi connectivity index (χ4v) is 4.35. The minimum atomic E-state index is -0.484. The van der Waals surface area contributed by atoms with Gasteiger partial charge in [-0.2, -0.15) is 0 Å². The Kier molecular flexibility index (Phi) is 4.82. The summed E-state index contributed by atoms with van der Waals surface area (Å²) in [6, 6.07) is 11.9. The van der Waals surface area contributed by atoms with Crippen LogP contribution in [0.4, 0.5) is 5.69 Å². The van der Waals surface area contributed by atoms with Gasteiger partial charge in [0.15, 0.2) is 0 Å². The number of carbonyl (C=O) groups is 1. The second-order valence-corrected chi connectivity index (χ2v) is 8.11. The lowest BCUT2D eigenvalue weighted by atomic mass is 10.1. The molecule has 0 bridgehead atoms. The Hall–Kier alpha value is -3.45. The number of ether oxygens (including phenoxy) is 1. The molecule has 4 aromatic rings. The molecule has 0 saturated carbocycles. The van der Waals surface area contributed by atoms with E-state index in [2.05, 4.69) is 33.1 Å². The molecule has 0 radical (unpaired) electrons. The minimum absolute atomic E-state index is 0.338. The van der Waals surface area contributed by atoms with Crippen LogP contribution in [-0.4, -0.2) is 47.2 Å². The molecule has 4 heterocycles. The van der Waals surface area contributed by atoms with Crippen LogP contribution in [0.15, 0.2) is 42.6 Å². The van der Waals surface area contributed by atoms with Gasteiger partial charge in [-0.05, 0) is 56.2 Å². The minimum Gasteiger partial charge on any atom is -0.381 e. The Morgan fingerprint density at radius 2 is 2.00 bits per heavy atom. The number of aromatic amines is 1. The number of nitrogens with one attached hydrogen (secondary N) is 1. The summed E-state index contributed by atoms with van der Waals surface area (Å²) in [6.07, 6.45) is 4.14. The third kappa shape index (κ3) is 3.51. The van der Waals surface area contributed by atoms with Crippen molar-refractivity contribution in [1.29, 1.82) is 0 Å². The van der Waals surface area contributed by atoms with E-state index in [1.165, 1.54) is 0 Å². The van der Waals surface area contributed by atoms with E-state index >= 15 is 0 Å². The van der Waals surface area contributed by atoms with Crippen LogP contribution in [0, 0.1) is 6.92 Å². The van der Waals surface area contributed by atoms with Crippen molar-refractivity contribution in [3.8, 4) is 11.3 Å². The van der Waals surface area contributed by atoms with Crippen molar-refractivity contribution < 1.29 is 9.53 Å². The molecule has 1 fully saturated rings. The third-order valence-electron chi connectivity index (χ3n) is 6.15. The molecular formula is C24H25N5O2. The Bertz CT molecular complexity index is 1270. The van der Waals surface area contributed by atoms with Gasteiger partial charge in [0.25, 0.3) is 5.91 Å². The third-order valence-corrected chi connectivity index (χ3v) is 6.15. The quantitative estimate of drug-likeness (QED) is 0.528. The summed E-state index contributed by atoms with van der Waals surface area (Å²) in [4.78, 5) is 27.2. The van der Waals surface area contributed by atoms with Gasteiger partial charge in [-0.1, -0.05) is 0 Å². The topological polar surface area (TPSA) is 97.1 Å². The molecule has 1 saturated heterocycles. The first-order valence-corrected chi connectivity index (χ1v) is 10.5. The van der Waals surface area contributed by atoms with Crippen molar-refractivity contribution in [3.05, 3.63) is 53.9 Å². The largest absolute Gasteiger partial charge is 0.381 e. The highest BCUT2D eigenvalue weighted by Gasteiger charge is 2.21. The zero-order valence-corrected chi connectivity index (χ0v) is 17.7. The molecule has 0 aliphatic carbocycles. The number of aromatic nitrogens is 3. The number of rotatable bonds is 4. The fraction of sp³-hybridized carbons (Fsp3) is 0.292. The van der Waals surface area contributed by atoms with Gasteiger partial charge >= 0.3 is 0 Å². The van der Waals surface area contributed by atoms with Gasteiger partial charge in [-0.25, -0.2) is 4.98 Å². The van der Waals surface area contributed by atoms with Crippen LogP contribution in [0.2, 0.25) is 0 Å². The predicted octanol–water partition coefficient (Wildman–Crippen LogP) is 3.80. The number of benzene rings is 1. The summed E-state index contributed by atoms with van der Waals surface area (Å²) >= 11 is 0. The highest BCUT2D eigenvalue weighted by molar-refractivity contribution is 6.14. The van der Waals surface area contributed by atoms with Crippen LogP contribution in [0.3, 0.4) is 0 Å². The normalized spacial score (nSPS) is 15.1. The van der Waals surface area contributed by atoms with Crippen LogP contribution in [-0.2, 0) is 4.74 Å². The molecule has 7 nitrogen and oxygen atoms in total. The lowest BCUT2D eigenvalue weighted by Crippen LogP contribution is -2.36. The number of anilines is 1. The second-order valence-electron chi connectivity index (χ2n) is 8.11. The summed E-state index contributed by atoms with van der Waals surface area (Å²) < 4.78 is 5.49. The number of fused-ring (bicyclic) bond motifs is 3. The van der Waals surface area contributed by atoms with E-state index in [1.54, 1.807) is 19.4 Å². The van der Waals surface area contributed by atoms with Gasteiger partial charge in [0, 0.05) is 48.7 Å². The number of pyridine rings is 2. The number of hydrogen-bond acceptors (Lipinski definition) is 5. The lowest BCUT2D eigenvalue weighted by Gasteiger charge is -2.32. The number of methoxy groups -OCH3 is 1. The number of nitrogens with two attached hydrogens (primary N) is 1. The van der Waals surface area contributed by atoms with Gasteiger partial charge in [-0.3, -0.25) is 9.78 Å². The number of carbonyl (C=O) groups excluding carboxylic acids is 1. The molecule has 0 unspecified atom stereocenters. The monoisotopic (exact) mass is 415 g/mol. The molecule has 7 heteroatoms. The molecule has 1 aromatic carbocycles. The van der Waals surface area contributed by atoms with Gasteiger partial charge in [0.2, 0.25) is 0 Å². The van der Waals surface area contributed by atoms with Crippen molar-refractivity contribution in [2.75, 3.05) is 25.1 Å². The first kappa shape index (κ1) is 19.5. The SMILES string of the molecule is COC1CCN(c2ccc3c(c2)[nH]c2c(C(N)=O)cc(-c4ccc(C)nc4)nc23)CC1. The summed E-state index contributed by atoms with van der Waals surface area (Å²) in [5.41, 5.74) is 12.1. The molecule has 3 N–H and O–H groups in total. The number of aryl methyl sites for hydroxylation is 1. The number of hydrogen-bond donors (Lipinski definition) is 2. The number of H-pyrrole nitrogens is 1. The van der Waals surface area contributed by atoms with Crippen molar-refractivity contribution in [3.63, 3.8) is 0 Å². The van der Waals surface area contributed by atoms with Crippen LogP contribution in [0.5, 0.6) is 0 Å². The first-order chi connectivity index (χ1) is 15.0. The lowest BCUT2D eigenvalue weighted by molar-refractivity contribution is 0.0819. The highest BCUT2D eigenvalue weighted by atomic mass is 16.5. The molecule has 31 heavy (non-hydrogen) atoms. The first-order valence-electron chi connectivity index (χ1n) is 10.5. The number of nitrogens with zero attached hydrogens (tertiary/aromatic N) is 3. The molecule has 1 amide bonds. The molecule has 0 spiro atoms. The maximum atomic E-state index is 12.2. The Morgan fingerprint density at radius 1 is 1.19 bits per heavy atom. The maximum absolute atomic E-state index is 12.2. The number of amides is 1. The number of piperidine rings is 1. The predicted molar refractivity (Wildman–Crippen MR) is 122 cm³/mol. The smallest absolute Gasteiger partial charge is 0.250 e. The van der Waals surface area contributed by atoms with E-state index in [0.29, 0.717) is 22.9 Å². The molecule has 1 aliphatic heterocycles. The molecule has 3 aromatic heterocycles. The van der Waals surface area contributed by atoms with Crippen molar-refractivity contribution in [2.45, 2.75) is 25.9 Å². The van der Waals surface area contributed by atoms with Gasteiger partial charge in [0.05, 0.1) is 33.9 Å². The van der Waals surface area contributed by atoms with Crippen molar-refractivity contribution in [2.24, 2.45) is 5.73 Å². The van der Waals surface area contributed by atoms with Crippen LogP contribution in [0.25, 0.3) is 33.2 Å². The van der Waals surface area contributed by atoms with Gasteiger partial charge in [0.1, 0.15) is 0 Å². The molecular weight excluding hydrogens is 390 g/mol. The summed E-state index contributed by atoms with van der Waals surface area (Å²) in [6.45, 7) is 3.85. The van der Waals surface area contributed by atoms with Crippen LogP contribution in [0.1, 0.15) is 28.9 Å². The zero-order chi connectivity index (χ0) is 21.5. The van der Waals surface area contributed by atoms with E-state index in [0.717, 1.165) is 59.3 Å². The van der Waals surface area contributed by atoms with Crippen LogP contribution < -0.4 is 10.6 Å². The highest BCUT2D eigenvalue weighted by Crippen LogP contribution is 2.32. The maximum Gasteiger partial charge on any atom is 0.250 e. The Balaban J connectivity index is 1.61. The number of primary amides is 1. The molecule has 5 rings (SSSR count). The van der Waals surface area contributed by atoms with E-state index in [1.807, 2.05) is 19.1 Å². The van der Waals surface area contributed by atoms with Crippen molar-refractivity contribution in [1.82, 2.24) is 15.0 Å². The summed E-state index contributed by atoms with van der Waals surface area (Å²) in [5.74, 6) is -0.484. The zero-order valence-electron chi connectivity index (χ0n) is 17.7. The average Bonchev–Trinajstić information content (AvgIpc) is 3.16. The van der Waals surface area contributed by atoms with Gasteiger partial charge in [-0.15, -0.1) is 0 Å². The van der Waals surface area contributed by atoms with E-state index in [9.17, 15) is 4.79 Å². The average molecular weight is 415 g/mol. The van der Waals surface area contributed by atoms with E-state index in [-0.39, 0.29) is 0 Å². The summed E-state index contributed by atoms with van der Waals surface area (Å²) in [7, 11) is 1.78. The van der Waals surface area contributed by atoms with Crippen LogP contribution >= 0.6 is 0 Å². The molecule has 0 atom stereocenters. The molecule has 158 valence electrons.